The van der Waals surface area contributed by atoms with E-state index in [1.54, 1.807) is 41.5 Å². The Bertz CT molecular complexity index is 823. The van der Waals surface area contributed by atoms with Gasteiger partial charge in [-0.3, -0.25) is 9.59 Å². The van der Waals surface area contributed by atoms with Gasteiger partial charge in [0.2, 0.25) is 6.29 Å². The normalized spacial score (nSPS) is 25.8. The molecule has 1 aliphatic rings. The van der Waals surface area contributed by atoms with E-state index in [1.165, 1.54) is 0 Å². The molecule has 1 heterocycles. The first-order valence-electron chi connectivity index (χ1n) is 10.7. The van der Waals surface area contributed by atoms with Gasteiger partial charge in [0.1, 0.15) is 12.2 Å². The third-order valence-electron chi connectivity index (χ3n) is 4.93. The highest BCUT2D eigenvalue weighted by atomic mass is 16.7. The number of carbonyl (C=O) groups is 3. The van der Waals surface area contributed by atoms with Gasteiger partial charge in [-0.15, -0.1) is 0 Å². The van der Waals surface area contributed by atoms with E-state index < -0.39 is 59.4 Å². The van der Waals surface area contributed by atoms with Gasteiger partial charge in [-0.25, -0.2) is 4.79 Å². The number of methoxy groups -OCH3 is 1. The molecule has 0 amide bonds. The lowest BCUT2D eigenvalue weighted by atomic mass is 9.94. The summed E-state index contributed by atoms with van der Waals surface area (Å²) < 4.78 is 27.4. The number of aliphatic hydroxyl groups is 1. The molecule has 0 radical (unpaired) electrons. The number of carbonyl (C=O) groups excluding carboxylic acids is 3. The van der Waals surface area contributed by atoms with Crippen LogP contribution >= 0.6 is 0 Å². The van der Waals surface area contributed by atoms with Gasteiger partial charge in [-0.05, 0) is 47.1 Å². The standard InChI is InChI=1S/C24H34O9/c1-23(2,3)21(27)32-18-16(30-13-14-11-9-8-10-12-14)15(25)17(19(26)29-7)31-20(18)33-22(28)24(4,5)6/h8-12,15-18,20,25H,13H2,1-7H3/t15-,16-,17+,18+,20-/m0/s1. The van der Waals surface area contributed by atoms with E-state index in [0.717, 1.165) is 12.7 Å². The van der Waals surface area contributed by atoms with E-state index in [1.807, 2.05) is 30.3 Å². The molecular formula is C24H34O9. The molecule has 0 saturated carbocycles. The van der Waals surface area contributed by atoms with Crippen molar-refractivity contribution in [2.24, 2.45) is 10.8 Å². The molecule has 33 heavy (non-hydrogen) atoms. The van der Waals surface area contributed by atoms with Crippen molar-refractivity contribution in [3.63, 3.8) is 0 Å². The van der Waals surface area contributed by atoms with Crippen LogP contribution < -0.4 is 0 Å². The third kappa shape index (κ3) is 6.99. The van der Waals surface area contributed by atoms with E-state index >= 15 is 0 Å². The summed E-state index contributed by atoms with van der Waals surface area (Å²) in [6.07, 6.45) is -7.15. The Morgan fingerprint density at radius 1 is 0.909 bits per heavy atom. The molecular weight excluding hydrogens is 432 g/mol. The second-order valence-electron chi connectivity index (χ2n) is 9.98. The zero-order valence-electron chi connectivity index (χ0n) is 20.2. The van der Waals surface area contributed by atoms with Crippen LogP contribution in [0.2, 0.25) is 0 Å². The minimum absolute atomic E-state index is 0.0416. The van der Waals surface area contributed by atoms with E-state index in [4.69, 9.17) is 23.7 Å². The van der Waals surface area contributed by atoms with Gasteiger partial charge in [0.05, 0.1) is 24.5 Å². The van der Waals surface area contributed by atoms with Crippen LogP contribution in [0.15, 0.2) is 30.3 Å². The van der Waals surface area contributed by atoms with E-state index in [9.17, 15) is 19.5 Å². The lowest BCUT2D eigenvalue weighted by molar-refractivity contribution is -0.301. The number of rotatable bonds is 6. The maximum atomic E-state index is 12.7. The summed E-state index contributed by atoms with van der Waals surface area (Å²) in [6, 6.07) is 9.12. The largest absolute Gasteiger partial charge is 0.467 e. The van der Waals surface area contributed by atoms with Gasteiger partial charge in [0.15, 0.2) is 12.2 Å². The number of hydrogen-bond donors (Lipinski definition) is 1. The van der Waals surface area contributed by atoms with Crippen molar-refractivity contribution in [2.45, 2.75) is 78.9 Å². The van der Waals surface area contributed by atoms with Crippen LogP contribution in [0.4, 0.5) is 0 Å². The monoisotopic (exact) mass is 466 g/mol. The highest BCUT2D eigenvalue weighted by Gasteiger charge is 2.54. The lowest BCUT2D eigenvalue weighted by Crippen LogP contribution is -2.63. The van der Waals surface area contributed by atoms with Crippen LogP contribution in [0.5, 0.6) is 0 Å². The Morgan fingerprint density at radius 2 is 1.45 bits per heavy atom. The van der Waals surface area contributed by atoms with Gasteiger partial charge in [-0.2, -0.15) is 0 Å². The fraction of sp³-hybridized carbons (Fsp3) is 0.625. The predicted octanol–water partition coefficient (Wildman–Crippen LogP) is 2.38. The summed E-state index contributed by atoms with van der Waals surface area (Å²) in [5.41, 5.74) is -1.01. The summed E-state index contributed by atoms with van der Waals surface area (Å²) >= 11 is 0. The molecule has 9 nitrogen and oxygen atoms in total. The molecule has 1 saturated heterocycles. The van der Waals surface area contributed by atoms with Gasteiger partial charge in [-0.1, -0.05) is 30.3 Å². The molecule has 9 heteroatoms. The zero-order valence-corrected chi connectivity index (χ0v) is 20.2. The Balaban J connectivity index is 2.42. The Labute approximate surface area is 194 Å². The summed E-state index contributed by atoms with van der Waals surface area (Å²) in [5.74, 6) is -2.15. The van der Waals surface area contributed by atoms with Crippen LogP contribution in [-0.4, -0.2) is 60.8 Å². The first-order chi connectivity index (χ1) is 15.3. The molecule has 0 spiro atoms. The van der Waals surface area contributed by atoms with Gasteiger partial charge >= 0.3 is 17.9 Å². The van der Waals surface area contributed by atoms with Crippen molar-refractivity contribution in [1.82, 2.24) is 0 Å². The number of ether oxygens (including phenoxy) is 5. The average Bonchev–Trinajstić information content (AvgIpc) is 2.73. The maximum Gasteiger partial charge on any atom is 0.337 e. The number of benzene rings is 1. The Hall–Kier alpha value is -2.49. The summed E-state index contributed by atoms with van der Waals surface area (Å²) in [5, 5.41) is 10.9. The van der Waals surface area contributed by atoms with Crippen LogP contribution in [0, 0.1) is 10.8 Å². The van der Waals surface area contributed by atoms with E-state index in [0.29, 0.717) is 0 Å². The first kappa shape index (κ1) is 26.8. The second kappa shape index (κ2) is 10.6. The highest BCUT2D eigenvalue weighted by Crippen LogP contribution is 2.31. The molecule has 0 aliphatic carbocycles. The molecule has 0 aromatic heterocycles. The Morgan fingerprint density at radius 3 is 1.97 bits per heavy atom. The van der Waals surface area contributed by atoms with Gasteiger partial charge in [0, 0.05) is 0 Å². The Kier molecular flexibility index (Phi) is 8.62. The minimum atomic E-state index is -1.55. The number of aliphatic hydroxyl groups excluding tert-OH is 1. The van der Waals surface area contributed by atoms with Crippen molar-refractivity contribution in [3.05, 3.63) is 35.9 Å². The smallest absolute Gasteiger partial charge is 0.337 e. The van der Waals surface area contributed by atoms with Crippen molar-refractivity contribution in [1.29, 1.82) is 0 Å². The predicted molar refractivity (Wildman–Crippen MR) is 117 cm³/mol. The average molecular weight is 467 g/mol. The van der Waals surface area contributed by atoms with Crippen LogP contribution in [0.25, 0.3) is 0 Å². The van der Waals surface area contributed by atoms with Crippen LogP contribution in [0.3, 0.4) is 0 Å². The molecule has 1 aromatic rings. The minimum Gasteiger partial charge on any atom is -0.467 e. The lowest BCUT2D eigenvalue weighted by Gasteiger charge is -2.43. The van der Waals surface area contributed by atoms with E-state index in [-0.39, 0.29) is 6.61 Å². The maximum absolute atomic E-state index is 12.7. The van der Waals surface area contributed by atoms with Crippen molar-refractivity contribution in [3.8, 4) is 0 Å². The van der Waals surface area contributed by atoms with Gasteiger partial charge in [0.25, 0.3) is 0 Å². The fourth-order valence-electron chi connectivity index (χ4n) is 2.90. The van der Waals surface area contributed by atoms with E-state index in [2.05, 4.69) is 0 Å². The first-order valence-corrected chi connectivity index (χ1v) is 10.7. The fourth-order valence-corrected chi connectivity index (χ4v) is 2.90. The molecule has 1 aromatic carbocycles. The second-order valence-corrected chi connectivity index (χ2v) is 9.98. The van der Waals surface area contributed by atoms with Crippen molar-refractivity contribution >= 4 is 17.9 Å². The summed E-state index contributed by atoms with van der Waals surface area (Å²) in [7, 11) is 1.14. The summed E-state index contributed by atoms with van der Waals surface area (Å²) in [4.78, 5) is 37.6. The molecule has 1 fully saturated rings. The molecule has 2 rings (SSSR count). The molecule has 1 aliphatic heterocycles. The molecule has 0 bridgehead atoms. The van der Waals surface area contributed by atoms with Crippen molar-refractivity contribution < 1.29 is 43.2 Å². The molecule has 0 unspecified atom stereocenters. The zero-order chi connectivity index (χ0) is 25.0. The quantitative estimate of drug-likeness (QED) is 0.498. The highest BCUT2D eigenvalue weighted by molar-refractivity contribution is 5.78. The SMILES string of the molecule is COC(=O)[C@@H]1O[C@@H](OC(=O)C(C)(C)C)[C@H](OC(=O)C(C)(C)C)[C@@H](OCc2ccccc2)[C@@H]1O. The van der Waals surface area contributed by atoms with Gasteiger partial charge < -0.3 is 28.8 Å². The van der Waals surface area contributed by atoms with Crippen molar-refractivity contribution in [2.75, 3.05) is 7.11 Å². The van der Waals surface area contributed by atoms with Crippen LogP contribution in [-0.2, 0) is 44.7 Å². The number of esters is 3. The molecule has 184 valence electrons. The topological polar surface area (TPSA) is 118 Å². The molecule has 5 atom stereocenters. The third-order valence-corrected chi connectivity index (χ3v) is 4.93. The van der Waals surface area contributed by atoms with Crippen LogP contribution in [0.1, 0.15) is 47.1 Å². The number of hydrogen-bond acceptors (Lipinski definition) is 9. The molecule has 1 N–H and O–H groups in total. The summed E-state index contributed by atoms with van der Waals surface area (Å²) in [6.45, 7) is 9.94.